The van der Waals surface area contributed by atoms with Gasteiger partial charge in [-0.1, -0.05) is 37.6 Å². The summed E-state index contributed by atoms with van der Waals surface area (Å²) in [6.45, 7) is 2.21. The molecule has 2 rings (SSSR count). The van der Waals surface area contributed by atoms with Crippen LogP contribution in [0.1, 0.15) is 36.1 Å². The van der Waals surface area contributed by atoms with Crippen LogP contribution in [-0.2, 0) is 12.8 Å². The quantitative estimate of drug-likeness (QED) is 0.848. The molecule has 0 radical (unpaired) electrons. The summed E-state index contributed by atoms with van der Waals surface area (Å²) < 4.78 is 0. The van der Waals surface area contributed by atoms with Crippen molar-refractivity contribution in [1.29, 1.82) is 0 Å². The van der Waals surface area contributed by atoms with Crippen molar-refractivity contribution in [2.24, 2.45) is 5.73 Å². The van der Waals surface area contributed by atoms with E-state index in [0.29, 0.717) is 0 Å². The summed E-state index contributed by atoms with van der Waals surface area (Å²) in [6.07, 6.45) is 3.25. The summed E-state index contributed by atoms with van der Waals surface area (Å²) >= 11 is 1.73. The van der Waals surface area contributed by atoms with Crippen molar-refractivity contribution < 1.29 is 0 Å². The standard InChI is InChI=1S/C15H19NS/c1-2-4-12-5-3-6-14(9-12)15(16)10-13-7-8-17-11-13/h3,5-9,11,15H,2,4,10,16H2,1H3. The number of aryl methyl sites for hydroxylation is 1. The third-order valence-electron chi connectivity index (χ3n) is 2.95. The molecule has 1 heterocycles. The molecule has 1 nitrogen and oxygen atoms in total. The van der Waals surface area contributed by atoms with E-state index in [9.17, 15) is 0 Å². The van der Waals surface area contributed by atoms with Gasteiger partial charge in [-0.15, -0.1) is 0 Å². The first-order valence-corrected chi connectivity index (χ1v) is 7.09. The summed E-state index contributed by atoms with van der Waals surface area (Å²) in [5.41, 5.74) is 10.2. The Kier molecular flexibility index (Phi) is 4.35. The fraction of sp³-hybridized carbons (Fsp3) is 0.333. The van der Waals surface area contributed by atoms with Crippen LogP contribution in [0, 0.1) is 0 Å². The molecule has 2 heteroatoms. The van der Waals surface area contributed by atoms with E-state index in [1.54, 1.807) is 11.3 Å². The van der Waals surface area contributed by atoms with Crippen molar-refractivity contribution in [1.82, 2.24) is 0 Å². The van der Waals surface area contributed by atoms with Gasteiger partial charge in [-0.05, 0) is 46.4 Å². The van der Waals surface area contributed by atoms with Gasteiger partial charge in [-0.25, -0.2) is 0 Å². The second kappa shape index (κ2) is 5.99. The molecule has 0 saturated carbocycles. The summed E-state index contributed by atoms with van der Waals surface area (Å²) in [5, 5.41) is 4.28. The summed E-state index contributed by atoms with van der Waals surface area (Å²) in [5.74, 6) is 0. The van der Waals surface area contributed by atoms with Crippen LogP contribution >= 0.6 is 11.3 Å². The van der Waals surface area contributed by atoms with Gasteiger partial charge in [0.05, 0.1) is 0 Å². The zero-order chi connectivity index (χ0) is 12.1. The van der Waals surface area contributed by atoms with E-state index < -0.39 is 0 Å². The van der Waals surface area contributed by atoms with Gasteiger partial charge in [-0.2, -0.15) is 11.3 Å². The molecule has 0 bridgehead atoms. The average molecular weight is 245 g/mol. The number of rotatable bonds is 5. The van der Waals surface area contributed by atoms with Crippen molar-refractivity contribution in [3.05, 3.63) is 57.8 Å². The molecule has 0 aliphatic rings. The molecule has 1 unspecified atom stereocenters. The second-order valence-corrected chi connectivity index (χ2v) is 5.22. The zero-order valence-corrected chi connectivity index (χ0v) is 11.0. The van der Waals surface area contributed by atoms with Gasteiger partial charge in [0, 0.05) is 6.04 Å². The molecule has 0 amide bonds. The minimum absolute atomic E-state index is 0.112. The van der Waals surface area contributed by atoms with E-state index in [-0.39, 0.29) is 6.04 Å². The van der Waals surface area contributed by atoms with Crippen LogP contribution in [-0.4, -0.2) is 0 Å². The van der Waals surface area contributed by atoms with Gasteiger partial charge >= 0.3 is 0 Å². The van der Waals surface area contributed by atoms with E-state index in [4.69, 9.17) is 5.73 Å². The first kappa shape index (κ1) is 12.3. The third-order valence-corrected chi connectivity index (χ3v) is 3.69. The Bertz CT molecular complexity index is 448. The molecule has 0 aliphatic carbocycles. The normalized spacial score (nSPS) is 12.6. The lowest BCUT2D eigenvalue weighted by Crippen LogP contribution is -2.13. The topological polar surface area (TPSA) is 26.0 Å². The van der Waals surface area contributed by atoms with Gasteiger partial charge < -0.3 is 5.73 Å². The SMILES string of the molecule is CCCc1cccc(C(N)Cc2ccsc2)c1. The molecular formula is C15H19NS. The number of benzene rings is 1. The van der Waals surface area contributed by atoms with E-state index in [1.165, 1.54) is 23.1 Å². The van der Waals surface area contributed by atoms with Gasteiger partial charge in [-0.3, -0.25) is 0 Å². The molecule has 1 atom stereocenters. The van der Waals surface area contributed by atoms with Crippen molar-refractivity contribution in [2.75, 3.05) is 0 Å². The highest BCUT2D eigenvalue weighted by atomic mass is 32.1. The fourth-order valence-electron chi connectivity index (χ4n) is 2.05. The number of thiophene rings is 1. The van der Waals surface area contributed by atoms with Crippen molar-refractivity contribution in [2.45, 2.75) is 32.2 Å². The Hall–Kier alpha value is -1.12. The van der Waals surface area contributed by atoms with Crippen LogP contribution < -0.4 is 5.73 Å². The van der Waals surface area contributed by atoms with Crippen LogP contribution in [0.2, 0.25) is 0 Å². The summed E-state index contributed by atoms with van der Waals surface area (Å²) in [4.78, 5) is 0. The Morgan fingerprint density at radius 1 is 1.24 bits per heavy atom. The highest BCUT2D eigenvalue weighted by Crippen LogP contribution is 2.19. The van der Waals surface area contributed by atoms with E-state index in [0.717, 1.165) is 12.8 Å². The fourth-order valence-corrected chi connectivity index (χ4v) is 2.73. The Labute approximate surface area is 107 Å². The highest BCUT2D eigenvalue weighted by Gasteiger charge is 2.07. The predicted octanol–water partition coefficient (Wildman–Crippen LogP) is 3.94. The van der Waals surface area contributed by atoms with E-state index >= 15 is 0 Å². The second-order valence-electron chi connectivity index (χ2n) is 4.44. The molecule has 1 aromatic heterocycles. The minimum Gasteiger partial charge on any atom is -0.324 e. The van der Waals surface area contributed by atoms with E-state index in [2.05, 4.69) is 48.0 Å². The van der Waals surface area contributed by atoms with Crippen molar-refractivity contribution in [3.63, 3.8) is 0 Å². The lowest BCUT2D eigenvalue weighted by Gasteiger charge is -2.12. The Morgan fingerprint density at radius 3 is 2.82 bits per heavy atom. The molecule has 90 valence electrons. The van der Waals surface area contributed by atoms with Gasteiger partial charge in [0.1, 0.15) is 0 Å². The maximum atomic E-state index is 6.26. The average Bonchev–Trinajstić information content (AvgIpc) is 2.83. The molecule has 17 heavy (non-hydrogen) atoms. The molecule has 0 aliphatic heterocycles. The van der Waals surface area contributed by atoms with Crippen molar-refractivity contribution in [3.8, 4) is 0 Å². The molecule has 2 aromatic rings. The number of hydrogen-bond donors (Lipinski definition) is 1. The largest absolute Gasteiger partial charge is 0.324 e. The van der Waals surface area contributed by atoms with Crippen LogP contribution in [0.25, 0.3) is 0 Å². The van der Waals surface area contributed by atoms with Gasteiger partial charge in [0.15, 0.2) is 0 Å². The van der Waals surface area contributed by atoms with Crippen LogP contribution in [0.4, 0.5) is 0 Å². The van der Waals surface area contributed by atoms with Crippen LogP contribution in [0.15, 0.2) is 41.1 Å². The smallest absolute Gasteiger partial charge is 0.0336 e. The maximum absolute atomic E-state index is 6.26. The molecule has 0 spiro atoms. The lowest BCUT2D eigenvalue weighted by molar-refractivity contribution is 0.721. The Balaban J connectivity index is 2.07. The first-order valence-electron chi connectivity index (χ1n) is 6.15. The first-order chi connectivity index (χ1) is 8.29. The third kappa shape index (κ3) is 3.42. The summed E-state index contributed by atoms with van der Waals surface area (Å²) in [6, 6.07) is 11.0. The predicted molar refractivity (Wildman–Crippen MR) is 75.4 cm³/mol. The maximum Gasteiger partial charge on any atom is 0.0336 e. The zero-order valence-electron chi connectivity index (χ0n) is 10.2. The minimum atomic E-state index is 0.112. The van der Waals surface area contributed by atoms with Crippen LogP contribution in [0.5, 0.6) is 0 Å². The Morgan fingerprint density at radius 2 is 2.12 bits per heavy atom. The molecule has 2 N–H and O–H groups in total. The van der Waals surface area contributed by atoms with Crippen molar-refractivity contribution >= 4 is 11.3 Å². The molecule has 1 aromatic carbocycles. The van der Waals surface area contributed by atoms with E-state index in [1.807, 2.05) is 0 Å². The monoisotopic (exact) mass is 245 g/mol. The highest BCUT2D eigenvalue weighted by molar-refractivity contribution is 7.07. The van der Waals surface area contributed by atoms with Gasteiger partial charge in [0.25, 0.3) is 0 Å². The molecular weight excluding hydrogens is 226 g/mol. The molecule has 0 saturated heterocycles. The summed E-state index contributed by atoms with van der Waals surface area (Å²) in [7, 11) is 0. The number of hydrogen-bond acceptors (Lipinski definition) is 2. The van der Waals surface area contributed by atoms with Crippen LogP contribution in [0.3, 0.4) is 0 Å². The number of nitrogens with two attached hydrogens (primary N) is 1. The lowest BCUT2D eigenvalue weighted by atomic mass is 9.98. The molecule has 0 fully saturated rings. The van der Waals surface area contributed by atoms with Gasteiger partial charge in [0.2, 0.25) is 0 Å².